The van der Waals surface area contributed by atoms with Gasteiger partial charge in [0.2, 0.25) is 5.95 Å². The summed E-state index contributed by atoms with van der Waals surface area (Å²) in [5.41, 5.74) is 0.978. The van der Waals surface area contributed by atoms with Crippen LogP contribution >= 0.6 is 0 Å². The molecule has 2 rings (SSSR count). The van der Waals surface area contributed by atoms with Gasteiger partial charge in [-0.05, 0) is 37.9 Å². The second kappa shape index (κ2) is 7.54. The summed E-state index contributed by atoms with van der Waals surface area (Å²) in [6.07, 6.45) is 1.71. The molecule has 0 radical (unpaired) electrons. The first-order valence-electron chi connectivity index (χ1n) is 6.83. The zero-order valence-corrected chi connectivity index (χ0v) is 12.3. The molecule has 0 aliphatic rings. The number of rotatable bonds is 7. The number of hydrogen-bond donors (Lipinski definition) is 2. The van der Waals surface area contributed by atoms with Crippen molar-refractivity contribution in [3.8, 4) is 0 Å². The van der Waals surface area contributed by atoms with E-state index in [4.69, 9.17) is 0 Å². The van der Waals surface area contributed by atoms with Crippen molar-refractivity contribution in [3.63, 3.8) is 0 Å². The van der Waals surface area contributed by atoms with Crippen LogP contribution in [0.25, 0.3) is 0 Å². The molecule has 0 fully saturated rings. The normalized spacial score (nSPS) is 10.7. The molecule has 2 N–H and O–H groups in total. The Bertz CT molecular complexity index is 556. The molecule has 0 aliphatic heterocycles. The molecule has 6 heteroatoms. The molecule has 2 aromatic rings. The van der Waals surface area contributed by atoms with Crippen molar-refractivity contribution in [2.24, 2.45) is 0 Å². The van der Waals surface area contributed by atoms with Crippen molar-refractivity contribution in [1.29, 1.82) is 0 Å². The Morgan fingerprint density at radius 1 is 1.10 bits per heavy atom. The van der Waals surface area contributed by atoms with Crippen LogP contribution in [0.3, 0.4) is 0 Å². The van der Waals surface area contributed by atoms with Crippen molar-refractivity contribution in [3.05, 3.63) is 47.9 Å². The highest BCUT2D eigenvalue weighted by Gasteiger charge is 2.00. The van der Waals surface area contributed by atoms with Gasteiger partial charge in [0.15, 0.2) is 0 Å². The fourth-order valence-electron chi connectivity index (χ4n) is 1.73. The summed E-state index contributed by atoms with van der Waals surface area (Å²) in [6.45, 7) is 2.31. The van der Waals surface area contributed by atoms with Crippen molar-refractivity contribution < 1.29 is 4.39 Å². The predicted octanol–water partition coefficient (Wildman–Crippen LogP) is 2.20. The maximum atomic E-state index is 12.8. The Hall–Kier alpha value is -2.21. The van der Waals surface area contributed by atoms with Gasteiger partial charge in [-0.25, -0.2) is 9.37 Å². The van der Waals surface area contributed by atoms with E-state index in [9.17, 15) is 4.39 Å². The molecule has 0 saturated heterocycles. The SMILES string of the molecule is CN(C)CCNc1ccnc(NCc2ccc(F)cc2)n1. The molecule has 21 heavy (non-hydrogen) atoms. The first-order chi connectivity index (χ1) is 10.1. The van der Waals surface area contributed by atoms with E-state index in [1.165, 1.54) is 12.1 Å². The van der Waals surface area contributed by atoms with Gasteiger partial charge in [0.05, 0.1) is 0 Å². The Morgan fingerprint density at radius 3 is 2.57 bits per heavy atom. The zero-order valence-electron chi connectivity index (χ0n) is 12.3. The standard InChI is InChI=1S/C15H20FN5/c1-21(2)10-9-17-14-7-8-18-15(20-14)19-11-12-3-5-13(16)6-4-12/h3-8H,9-11H2,1-2H3,(H2,17,18,19,20). The summed E-state index contributed by atoms with van der Waals surface area (Å²) >= 11 is 0. The number of nitrogens with one attached hydrogen (secondary N) is 2. The topological polar surface area (TPSA) is 53.1 Å². The maximum absolute atomic E-state index is 12.8. The van der Waals surface area contributed by atoms with Gasteiger partial charge >= 0.3 is 0 Å². The van der Waals surface area contributed by atoms with Gasteiger partial charge in [0, 0.05) is 25.8 Å². The summed E-state index contributed by atoms with van der Waals surface area (Å²) in [6, 6.07) is 8.19. The Balaban J connectivity index is 1.87. The number of aromatic nitrogens is 2. The summed E-state index contributed by atoms with van der Waals surface area (Å²) in [5, 5.41) is 6.36. The van der Waals surface area contributed by atoms with Gasteiger partial charge in [0.1, 0.15) is 11.6 Å². The van der Waals surface area contributed by atoms with Gasteiger partial charge in [-0.2, -0.15) is 4.98 Å². The Morgan fingerprint density at radius 2 is 1.86 bits per heavy atom. The van der Waals surface area contributed by atoms with Crippen molar-refractivity contribution in [2.45, 2.75) is 6.54 Å². The molecule has 1 aromatic heterocycles. The third kappa shape index (κ3) is 5.35. The summed E-state index contributed by atoms with van der Waals surface area (Å²) < 4.78 is 12.8. The Labute approximate surface area is 124 Å². The van der Waals surface area contributed by atoms with E-state index < -0.39 is 0 Å². The number of nitrogens with zero attached hydrogens (tertiary/aromatic N) is 3. The van der Waals surface area contributed by atoms with Crippen LogP contribution < -0.4 is 10.6 Å². The van der Waals surface area contributed by atoms with Crippen LogP contribution in [0.4, 0.5) is 16.2 Å². The quantitative estimate of drug-likeness (QED) is 0.818. The van der Waals surface area contributed by atoms with Crippen LogP contribution in [-0.4, -0.2) is 42.1 Å². The molecule has 112 valence electrons. The molecule has 0 atom stereocenters. The zero-order chi connectivity index (χ0) is 15.1. The van der Waals surface area contributed by atoms with E-state index in [0.29, 0.717) is 12.5 Å². The predicted molar refractivity (Wildman–Crippen MR) is 82.8 cm³/mol. The molecular formula is C15H20FN5. The minimum atomic E-state index is -0.234. The minimum absolute atomic E-state index is 0.234. The molecule has 0 amide bonds. The number of hydrogen-bond acceptors (Lipinski definition) is 5. The molecule has 0 spiro atoms. The van der Waals surface area contributed by atoms with Crippen molar-refractivity contribution >= 4 is 11.8 Å². The highest BCUT2D eigenvalue weighted by Crippen LogP contribution is 2.08. The van der Waals surface area contributed by atoms with Gasteiger partial charge < -0.3 is 15.5 Å². The lowest BCUT2D eigenvalue weighted by atomic mass is 10.2. The molecular weight excluding hydrogens is 269 g/mol. The second-order valence-electron chi connectivity index (χ2n) is 4.98. The van der Waals surface area contributed by atoms with Gasteiger partial charge in [-0.3, -0.25) is 0 Å². The molecule has 0 aliphatic carbocycles. The van der Waals surface area contributed by atoms with Crippen LogP contribution in [0.1, 0.15) is 5.56 Å². The van der Waals surface area contributed by atoms with Crippen LogP contribution in [0, 0.1) is 5.82 Å². The maximum Gasteiger partial charge on any atom is 0.224 e. The van der Waals surface area contributed by atoms with Crippen LogP contribution in [0.15, 0.2) is 36.5 Å². The fourth-order valence-corrected chi connectivity index (χ4v) is 1.73. The highest BCUT2D eigenvalue weighted by molar-refractivity contribution is 5.39. The first-order valence-corrected chi connectivity index (χ1v) is 6.83. The third-order valence-electron chi connectivity index (χ3n) is 2.88. The molecule has 5 nitrogen and oxygen atoms in total. The first kappa shape index (κ1) is 15.2. The lowest BCUT2D eigenvalue weighted by Gasteiger charge is -2.11. The van der Waals surface area contributed by atoms with E-state index >= 15 is 0 Å². The van der Waals surface area contributed by atoms with Gasteiger partial charge in [0.25, 0.3) is 0 Å². The smallest absolute Gasteiger partial charge is 0.224 e. The summed E-state index contributed by atoms with van der Waals surface area (Å²) in [4.78, 5) is 10.6. The lowest BCUT2D eigenvalue weighted by Crippen LogP contribution is -2.21. The number of anilines is 2. The van der Waals surface area contributed by atoms with E-state index in [-0.39, 0.29) is 5.82 Å². The monoisotopic (exact) mass is 289 g/mol. The fraction of sp³-hybridized carbons (Fsp3) is 0.333. The molecule has 0 saturated carbocycles. The molecule has 0 bridgehead atoms. The lowest BCUT2D eigenvalue weighted by molar-refractivity contribution is 0.425. The number of benzene rings is 1. The number of likely N-dealkylation sites (N-methyl/N-ethyl adjacent to an activating group) is 1. The highest BCUT2D eigenvalue weighted by atomic mass is 19.1. The second-order valence-corrected chi connectivity index (χ2v) is 4.98. The third-order valence-corrected chi connectivity index (χ3v) is 2.88. The van der Waals surface area contributed by atoms with Crippen LogP contribution in [-0.2, 0) is 6.54 Å². The molecule has 1 aromatic carbocycles. The summed E-state index contributed by atoms with van der Waals surface area (Å²) in [5.74, 6) is 1.10. The minimum Gasteiger partial charge on any atom is -0.369 e. The van der Waals surface area contributed by atoms with Crippen molar-refractivity contribution in [2.75, 3.05) is 37.8 Å². The van der Waals surface area contributed by atoms with E-state index in [2.05, 4.69) is 25.5 Å². The van der Waals surface area contributed by atoms with E-state index in [1.54, 1.807) is 18.3 Å². The molecule has 1 heterocycles. The number of halogens is 1. The van der Waals surface area contributed by atoms with Gasteiger partial charge in [-0.15, -0.1) is 0 Å². The van der Waals surface area contributed by atoms with E-state index in [0.717, 1.165) is 24.5 Å². The summed E-state index contributed by atoms with van der Waals surface area (Å²) in [7, 11) is 4.05. The average molecular weight is 289 g/mol. The Kier molecular flexibility index (Phi) is 5.45. The average Bonchev–Trinajstić information content (AvgIpc) is 2.47. The van der Waals surface area contributed by atoms with Gasteiger partial charge in [-0.1, -0.05) is 12.1 Å². The van der Waals surface area contributed by atoms with E-state index in [1.807, 2.05) is 20.2 Å². The van der Waals surface area contributed by atoms with Crippen LogP contribution in [0.5, 0.6) is 0 Å². The largest absolute Gasteiger partial charge is 0.369 e. The van der Waals surface area contributed by atoms with Crippen molar-refractivity contribution in [1.82, 2.24) is 14.9 Å². The molecule has 0 unspecified atom stereocenters. The van der Waals surface area contributed by atoms with Crippen LogP contribution in [0.2, 0.25) is 0 Å².